The van der Waals surface area contributed by atoms with E-state index in [1.165, 1.54) is 87.7 Å². The van der Waals surface area contributed by atoms with Crippen LogP contribution in [0, 0.1) is 41.4 Å². The van der Waals surface area contributed by atoms with Crippen LogP contribution in [0.2, 0.25) is 0 Å². The summed E-state index contributed by atoms with van der Waals surface area (Å²) in [6.07, 6.45) is 2.69. The molecule has 12 atom stereocenters. The molecule has 6 N–H and O–H groups in total. The molecule has 25 heteroatoms. The Morgan fingerprint density at radius 1 is 0.451 bits per heavy atom. The minimum Gasteiger partial charge on any atom is -0.481 e. The van der Waals surface area contributed by atoms with Gasteiger partial charge in [0.1, 0.15) is 60.4 Å². The maximum Gasteiger partial charge on any atom is 0.303 e. The quantitative estimate of drug-likeness (QED) is 0.0882. The zero-order chi connectivity index (χ0) is 70.4. The SMILES string of the molecule is CC[C@@H]1NC(=O)[C@H]([C@H](O)[C@H](C)CCCCCCCC(=O)O)N(C)C(=O)[C@H](C(C)C)N(C)C(=O)[C@H](CC(C)C)N(C)C(=O)[C@H](CC(C)C)N(C)C(=O)[C@@H](C)NC(=O)[C@H](C)NC(=O)[C@H](CC(C)C)N(C)C(=O)[C@H](C(C)C)NC(=O)[C@H](CC(C)C)N(C)C(=O)CN(C)C1=O. The van der Waals surface area contributed by atoms with Gasteiger partial charge in [-0.15, -0.1) is 0 Å². The molecule has 1 aliphatic rings. The van der Waals surface area contributed by atoms with Crippen molar-refractivity contribution in [2.24, 2.45) is 41.4 Å². The van der Waals surface area contributed by atoms with Gasteiger partial charge >= 0.3 is 5.97 Å². The number of carboxylic acid groups (broad SMARTS) is 1. The van der Waals surface area contributed by atoms with Crippen LogP contribution in [0.3, 0.4) is 0 Å². The third-order valence-electron chi connectivity index (χ3n) is 17.4. The molecule has 0 unspecified atom stereocenters. The molecule has 25 nitrogen and oxygen atoms in total. The molecule has 1 rings (SSSR count). The molecule has 91 heavy (non-hydrogen) atoms. The van der Waals surface area contributed by atoms with Crippen molar-refractivity contribution in [3.05, 3.63) is 0 Å². The second kappa shape index (κ2) is 38.6. The molecule has 0 aromatic carbocycles. The molecule has 522 valence electrons. The molecular weight excluding hydrogens is 1170 g/mol. The smallest absolute Gasteiger partial charge is 0.303 e. The summed E-state index contributed by atoms with van der Waals surface area (Å²) in [6, 6.07) is -12.5. The lowest BCUT2D eigenvalue weighted by atomic mass is 9.90. The Balaban J connectivity index is 4.31. The van der Waals surface area contributed by atoms with Crippen molar-refractivity contribution < 1.29 is 67.7 Å². The Morgan fingerprint density at radius 2 is 0.868 bits per heavy atom. The molecule has 0 spiro atoms. The van der Waals surface area contributed by atoms with Gasteiger partial charge in [-0.3, -0.25) is 57.5 Å². The van der Waals surface area contributed by atoms with E-state index in [1.807, 2.05) is 55.4 Å². The number of aliphatic carboxylic acids is 1. The first-order valence-corrected chi connectivity index (χ1v) is 33.0. The number of amides is 11. The average molecular weight is 1290 g/mol. The second-order valence-corrected chi connectivity index (χ2v) is 28.0. The highest BCUT2D eigenvalue weighted by Crippen LogP contribution is 2.26. The van der Waals surface area contributed by atoms with Crippen LogP contribution < -0.4 is 21.3 Å². The lowest BCUT2D eigenvalue weighted by Gasteiger charge is -2.41. The Labute approximate surface area is 543 Å². The van der Waals surface area contributed by atoms with E-state index in [-0.39, 0.29) is 62.2 Å². The topological polar surface area (TPSA) is 316 Å². The van der Waals surface area contributed by atoms with Gasteiger partial charge < -0.3 is 65.8 Å². The number of rotatable bonds is 21. The van der Waals surface area contributed by atoms with Crippen molar-refractivity contribution in [3.63, 3.8) is 0 Å². The van der Waals surface area contributed by atoms with Crippen molar-refractivity contribution in [2.75, 3.05) is 55.9 Å². The van der Waals surface area contributed by atoms with Crippen molar-refractivity contribution >= 4 is 70.9 Å². The van der Waals surface area contributed by atoms with Crippen molar-refractivity contribution in [2.45, 2.75) is 254 Å². The van der Waals surface area contributed by atoms with E-state index in [9.17, 15) is 48.3 Å². The minimum absolute atomic E-state index is 0.00163. The number of aliphatic hydroxyl groups is 1. The third kappa shape index (κ3) is 24.9. The van der Waals surface area contributed by atoms with Crippen LogP contribution in [0.4, 0.5) is 0 Å². The number of carbonyl (C=O) groups is 12. The number of carboxylic acids is 1. The van der Waals surface area contributed by atoms with Crippen molar-refractivity contribution in [1.82, 2.24) is 55.6 Å². The summed E-state index contributed by atoms with van der Waals surface area (Å²) in [7, 11) is 9.86. The normalized spacial score (nSPS) is 25.8. The standard InChI is InChI=1S/C66H119N11O14/c1-24-46-62(87)71(17)36-51(78)72(18)47(32-37(2)3)59(84)70-53(41(10)11)65(90)73(19)48(33-38(4)5)58(83)67-44(15)57(82)68-45(16)61(86)74(20)49(34-39(6)7)63(88)75(21)50(35-40(8)9)64(89)76(22)54(42(12)13)66(91)77(23)55(60(85)69-46)56(81)43(14)30-28-26-25-27-29-31-52(79)80/h37-50,53-56,81H,24-36H2,1-23H3,(H,67,83)(H,68,82)(H,69,85)(H,70,84)(H,79,80)/t43-,44+,45-,46+,47+,48+,49+,50+,53+,54+,55+,56-/m1/s1. The van der Waals surface area contributed by atoms with Crippen molar-refractivity contribution in [3.8, 4) is 0 Å². The van der Waals surface area contributed by atoms with Gasteiger partial charge in [0.15, 0.2) is 0 Å². The highest BCUT2D eigenvalue weighted by Gasteiger charge is 2.46. The van der Waals surface area contributed by atoms with Gasteiger partial charge in [0.2, 0.25) is 65.0 Å². The first kappa shape index (κ1) is 82.6. The van der Waals surface area contributed by atoms with E-state index in [2.05, 4.69) is 21.3 Å². The number of aliphatic hydroxyl groups excluding tert-OH is 1. The predicted octanol–water partition coefficient (Wildman–Crippen LogP) is 4.12. The van der Waals surface area contributed by atoms with Crippen LogP contribution in [0.5, 0.6) is 0 Å². The summed E-state index contributed by atoms with van der Waals surface area (Å²) < 4.78 is 0. The molecule has 11 amide bonds. The summed E-state index contributed by atoms with van der Waals surface area (Å²) in [4.78, 5) is 181. The maximum atomic E-state index is 15.3. The van der Waals surface area contributed by atoms with Crippen LogP contribution in [0.25, 0.3) is 0 Å². The molecule has 0 aliphatic carbocycles. The molecule has 1 heterocycles. The van der Waals surface area contributed by atoms with Gasteiger partial charge in [-0.1, -0.05) is 123 Å². The summed E-state index contributed by atoms with van der Waals surface area (Å²) >= 11 is 0. The number of unbranched alkanes of at least 4 members (excludes halogenated alkanes) is 4. The first-order chi connectivity index (χ1) is 42.1. The Morgan fingerprint density at radius 3 is 1.34 bits per heavy atom. The second-order valence-electron chi connectivity index (χ2n) is 28.0. The van der Waals surface area contributed by atoms with E-state index in [1.54, 1.807) is 41.5 Å². The fourth-order valence-corrected chi connectivity index (χ4v) is 11.6. The largest absolute Gasteiger partial charge is 0.481 e. The van der Waals surface area contributed by atoms with Crippen LogP contribution in [0.15, 0.2) is 0 Å². The van der Waals surface area contributed by atoms with E-state index >= 15 is 14.4 Å². The molecule has 0 aromatic heterocycles. The number of likely N-dealkylation sites (N-methyl/N-ethyl adjacent to an activating group) is 7. The van der Waals surface area contributed by atoms with Gasteiger partial charge in [0.05, 0.1) is 12.6 Å². The minimum atomic E-state index is -1.65. The first-order valence-electron chi connectivity index (χ1n) is 33.0. The number of hydrogen-bond donors (Lipinski definition) is 6. The van der Waals surface area contributed by atoms with Gasteiger partial charge in [-0.05, 0) is 100 Å². The number of hydrogen-bond acceptors (Lipinski definition) is 13. The summed E-state index contributed by atoms with van der Waals surface area (Å²) in [5.74, 6) is -10.9. The lowest BCUT2D eigenvalue weighted by Crippen LogP contribution is -2.63. The molecule has 1 aliphatic heterocycles. The van der Waals surface area contributed by atoms with Gasteiger partial charge in [0.25, 0.3) is 0 Å². The average Bonchev–Trinajstić information content (AvgIpc) is 0.858. The molecule has 1 fully saturated rings. The van der Waals surface area contributed by atoms with E-state index < -0.39 is 162 Å². The van der Waals surface area contributed by atoms with Gasteiger partial charge in [0, 0.05) is 55.8 Å². The highest BCUT2D eigenvalue weighted by atomic mass is 16.4. The zero-order valence-corrected chi connectivity index (χ0v) is 59.5. The maximum absolute atomic E-state index is 15.3. The highest BCUT2D eigenvalue weighted by molar-refractivity contribution is 5.99. The predicted molar refractivity (Wildman–Crippen MR) is 349 cm³/mol. The van der Waals surface area contributed by atoms with Crippen LogP contribution in [0.1, 0.15) is 188 Å². The Hall–Kier alpha value is -6.40. The number of carbonyl (C=O) groups excluding carboxylic acids is 11. The van der Waals surface area contributed by atoms with Gasteiger partial charge in [-0.25, -0.2) is 0 Å². The number of nitrogens with one attached hydrogen (secondary N) is 4. The lowest BCUT2D eigenvalue weighted by molar-refractivity contribution is -0.157. The Bertz CT molecular complexity index is 2460. The molecule has 0 saturated carbocycles. The summed E-state index contributed by atoms with van der Waals surface area (Å²) in [6.45, 7) is 27.4. The molecular formula is C66H119N11O14. The fraction of sp³-hybridized carbons (Fsp3) is 0.818. The summed E-state index contributed by atoms with van der Waals surface area (Å²) in [5, 5.41) is 32.4. The van der Waals surface area contributed by atoms with Crippen molar-refractivity contribution in [1.29, 1.82) is 0 Å². The van der Waals surface area contributed by atoms with Crippen LogP contribution in [-0.2, 0) is 57.5 Å². The van der Waals surface area contributed by atoms with Crippen LogP contribution in [-0.4, -0.2) is 238 Å². The monoisotopic (exact) mass is 1290 g/mol. The third-order valence-corrected chi connectivity index (χ3v) is 17.4. The molecule has 0 aromatic rings. The zero-order valence-electron chi connectivity index (χ0n) is 59.5. The molecule has 0 bridgehead atoms. The van der Waals surface area contributed by atoms with E-state index in [0.717, 1.165) is 16.2 Å². The summed E-state index contributed by atoms with van der Waals surface area (Å²) in [5.41, 5.74) is 0. The molecule has 1 saturated heterocycles. The Kier molecular flexibility index (Phi) is 35.0. The van der Waals surface area contributed by atoms with Crippen LogP contribution >= 0.6 is 0 Å². The van der Waals surface area contributed by atoms with E-state index in [4.69, 9.17) is 5.11 Å². The van der Waals surface area contributed by atoms with E-state index in [0.29, 0.717) is 32.1 Å². The fourth-order valence-electron chi connectivity index (χ4n) is 11.6. The van der Waals surface area contributed by atoms with Gasteiger partial charge in [-0.2, -0.15) is 0 Å². The number of nitrogens with zero attached hydrogens (tertiary/aromatic N) is 7. The molecule has 0 radical (unpaired) electrons.